The molecule has 0 unspecified atom stereocenters. The van der Waals surface area contributed by atoms with E-state index in [0.717, 1.165) is 32.5 Å². The summed E-state index contributed by atoms with van der Waals surface area (Å²) in [5.74, 6) is 0. The summed E-state index contributed by atoms with van der Waals surface area (Å²) in [6.45, 7) is 11.0. The fourth-order valence-electron chi connectivity index (χ4n) is 1.79. The average Bonchev–Trinajstić information content (AvgIpc) is 2.85. The topological polar surface area (TPSA) is 30.5 Å². The number of ether oxygens (including phenoxy) is 2. The highest BCUT2D eigenvalue weighted by molar-refractivity contribution is 7.12. The minimum absolute atomic E-state index is 0.266. The second kappa shape index (κ2) is 9.50. The zero-order valence-corrected chi connectivity index (χ0v) is 14.1. The SMILES string of the molecule is COCCOCCCCNCc1ccc(C(C)(C)C)s1. The van der Waals surface area contributed by atoms with Gasteiger partial charge in [-0.1, -0.05) is 20.8 Å². The maximum absolute atomic E-state index is 5.43. The average molecular weight is 299 g/mol. The Labute approximate surface area is 127 Å². The van der Waals surface area contributed by atoms with Crippen molar-refractivity contribution in [3.05, 3.63) is 21.9 Å². The standard InChI is InChI=1S/C16H29NO2S/c1-16(2,3)15-8-7-14(20-15)13-17-9-5-6-10-19-12-11-18-4/h7-8,17H,5-6,9-13H2,1-4H3. The Bertz CT molecular complexity index is 358. The van der Waals surface area contributed by atoms with Gasteiger partial charge in [0.2, 0.25) is 0 Å². The highest BCUT2D eigenvalue weighted by Crippen LogP contribution is 2.29. The Kier molecular flexibility index (Phi) is 8.38. The van der Waals surface area contributed by atoms with Crippen molar-refractivity contribution < 1.29 is 9.47 Å². The quantitative estimate of drug-likeness (QED) is 0.670. The lowest BCUT2D eigenvalue weighted by molar-refractivity contribution is 0.0688. The molecule has 1 heterocycles. The highest BCUT2D eigenvalue weighted by Gasteiger charge is 2.15. The van der Waals surface area contributed by atoms with Gasteiger partial charge in [-0.15, -0.1) is 11.3 Å². The second-order valence-electron chi connectivity index (χ2n) is 6.01. The van der Waals surface area contributed by atoms with Crippen molar-refractivity contribution in [2.45, 2.75) is 45.6 Å². The Morgan fingerprint density at radius 1 is 1.10 bits per heavy atom. The molecule has 20 heavy (non-hydrogen) atoms. The van der Waals surface area contributed by atoms with Gasteiger partial charge >= 0.3 is 0 Å². The molecule has 0 saturated heterocycles. The van der Waals surface area contributed by atoms with E-state index in [-0.39, 0.29) is 5.41 Å². The summed E-state index contributed by atoms with van der Waals surface area (Å²) >= 11 is 1.92. The number of thiophene rings is 1. The molecule has 4 heteroatoms. The fourth-order valence-corrected chi connectivity index (χ4v) is 2.82. The molecular weight excluding hydrogens is 270 g/mol. The zero-order valence-electron chi connectivity index (χ0n) is 13.3. The molecule has 1 N–H and O–H groups in total. The van der Waals surface area contributed by atoms with Crippen molar-refractivity contribution in [1.29, 1.82) is 0 Å². The Morgan fingerprint density at radius 2 is 1.90 bits per heavy atom. The highest BCUT2D eigenvalue weighted by atomic mass is 32.1. The normalized spacial score (nSPS) is 12.0. The van der Waals surface area contributed by atoms with Crippen LogP contribution in [-0.2, 0) is 21.4 Å². The summed E-state index contributed by atoms with van der Waals surface area (Å²) in [5.41, 5.74) is 0.266. The van der Waals surface area contributed by atoms with Crippen LogP contribution in [0.5, 0.6) is 0 Å². The Morgan fingerprint density at radius 3 is 2.55 bits per heavy atom. The van der Waals surface area contributed by atoms with E-state index in [1.807, 2.05) is 11.3 Å². The van der Waals surface area contributed by atoms with Gasteiger partial charge in [0, 0.05) is 30.0 Å². The number of unbranched alkanes of at least 4 members (excludes halogenated alkanes) is 1. The molecule has 1 rings (SSSR count). The predicted octanol–water partition coefficient (Wildman–Crippen LogP) is 3.58. The summed E-state index contributed by atoms with van der Waals surface area (Å²) < 4.78 is 10.4. The van der Waals surface area contributed by atoms with Crippen LogP contribution in [0.4, 0.5) is 0 Å². The van der Waals surface area contributed by atoms with Gasteiger partial charge < -0.3 is 14.8 Å². The Hall–Kier alpha value is -0.420. The number of methoxy groups -OCH3 is 1. The maximum Gasteiger partial charge on any atom is 0.0700 e. The van der Waals surface area contributed by atoms with E-state index in [0.29, 0.717) is 13.2 Å². The van der Waals surface area contributed by atoms with E-state index in [1.54, 1.807) is 7.11 Å². The van der Waals surface area contributed by atoms with Gasteiger partial charge in [-0.2, -0.15) is 0 Å². The summed E-state index contributed by atoms with van der Waals surface area (Å²) in [5, 5.41) is 3.50. The van der Waals surface area contributed by atoms with Crippen LogP contribution in [0.1, 0.15) is 43.4 Å². The molecule has 0 spiro atoms. The zero-order chi connectivity index (χ0) is 14.8. The molecule has 0 bridgehead atoms. The van der Waals surface area contributed by atoms with E-state index < -0.39 is 0 Å². The smallest absolute Gasteiger partial charge is 0.0700 e. The molecule has 116 valence electrons. The van der Waals surface area contributed by atoms with Crippen LogP contribution in [0.2, 0.25) is 0 Å². The van der Waals surface area contributed by atoms with Crippen molar-refractivity contribution in [2.24, 2.45) is 0 Å². The third kappa shape index (κ3) is 7.39. The van der Waals surface area contributed by atoms with Crippen LogP contribution in [0.3, 0.4) is 0 Å². The molecule has 0 fully saturated rings. The molecule has 0 aliphatic rings. The fraction of sp³-hybridized carbons (Fsp3) is 0.750. The third-order valence-electron chi connectivity index (χ3n) is 3.02. The van der Waals surface area contributed by atoms with Crippen molar-refractivity contribution in [2.75, 3.05) is 33.5 Å². The lowest BCUT2D eigenvalue weighted by Gasteiger charge is -2.15. The molecule has 3 nitrogen and oxygen atoms in total. The summed E-state index contributed by atoms with van der Waals surface area (Å²) in [6, 6.07) is 4.50. The lowest BCUT2D eigenvalue weighted by atomic mass is 9.95. The number of rotatable bonds is 10. The van der Waals surface area contributed by atoms with Gasteiger partial charge in [0.05, 0.1) is 13.2 Å². The molecular formula is C16H29NO2S. The molecule has 0 atom stereocenters. The van der Waals surface area contributed by atoms with Crippen LogP contribution in [0, 0.1) is 0 Å². The van der Waals surface area contributed by atoms with Gasteiger partial charge in [-0.25, -0.2) is 0 Å². The molecule has 0 amide bonds. The van der Waals surface area contributed by atoms with Crippen LogP contribution < -0.4 is 5.32 Å². The van der Waals surface area contributed by atoms with Crippen LogP contribution in [-0.4, -0.2) is 33.5 Å². The Balaban J connectivity index is 2.03. The maximum atomic E-state index is 5.43. The van der Waals surface area contributed by atoms with Gasteiger partial charge in [-0.05, 0) is 36.9 Å². The minimum Gasteiger partial charge on any atom is -0.382 e. The first-order valence-electron chi connectivity index (χ1n) is 7.40. The lowest BCUT2D eigenvalue weighted by Crippen LogP contribution is -2.14. The predicted molar refractivity (Wildman–Crippen MR) is 86.7 cm³/mol. The number of hydrogen-bond donors (Lipinski definition) is 1. The molecule has 0 radical (unpaired) electrons. The van der Waals surface area contributed by atoms with Crippen LogP contribution in [0.25, 0.3) is 0 Å². The van der Waals surface area contributed by atoms with Gasteiger partial charge in [-0.3, -0.25) is 0 Å². The van der Waals surface area contributed by atoms with E-state index in [1.165, 1.54) is 9.75 Å². The van der Waals surface area contributed by atoms with Gasteiger partial charge in [0.25, 0.3) is 0 Å². The summed E-state index contributed by atoms with van der Waals surface area (Å²) in [4.78, 5) is 2.88. The molecule has 0 aromatic carbocycles. The third-order valence-corrected chi connectivity index (χ3v) is 4.54. The van der Waals surface area contributed by atoms with Crippen molar-refractivity contribution >= 4 is 11.3 Å². The first-order valence-corrected chi connectivity index (χ1v) is 8.22. The molecule has 1 aromatic rings. The van der Waals surface area contributed by atoms with Crippen LogP contribution >= 0.6 is 11.3 Å². The second-order valence-corrected chi connectivity index (χ2v) is 7.17. The van der Waals surface area contributed by atoms with E-state index >= 15 is 0 Å². The monoisotopic (exact) mass is 299 g/mol. The van der Waals surface area contributed by atoms with Gasteiger partial charge in [0.15, 0.2) is 0 Å². The largest absolute Gasteiger partial charge is 0.382 e. The van der Waals surface area contributed by atoms with Gasteiger partial charge in [0.1, 0.15) is 0 Å². The molecule has 0 aliphatic heterocycles. The van der Waals surface area contributed by atoms with E-state index in [9.17, 15) is 0 Å². The van der Waals surface area contributed by atoms with Crippen molar-refractivity contribution in [3.63, 3.8) is 0 Å². The van der Waals surface area contributed by atoms with Crippen molar-refractivity contribution in [3.8, 4) is 0 Å². The minimum atomic E-state index is 0.266. The number of hydrogen-bond acceptors (Lipinski definition) is 4. The first-order chi connectivity index (χ1) is 9.54. The van der Waals surface area contributed by atoms with Crippen molar-refractivity contribution in [1.82, 2.24) is 5.32 Å². The summed E-state index contributed by atoms with van der Waals surface area (Å²) in [6.07, 6.45) is 2.26. The molecule has 0 saturated carbocycles. The van der Waals surface area contributed by atoms with E-state index in [2.05, 4.69) is 38.2 Å². The van der Waals surface area contributed by atoms with Crippen LogP contribution in [0.15, 0.2) is 12.1 Å². The molecule has 0 aliphatic carbocycles. The first kappa shape index (κ1) is 17.6. The molecule has 1 aromatic heterocycles. The number of nitrogens with one attached hydrogen (secondary N) is 1. The summed E-state index contributed by atoms with van der Waals surface area (Å²) in [7, 11) is 1.70. The van der Waals surface area contributed by atoms with E-state index in [4.69, 9.17) is 9.47 Å².